The van der Waals surface area contributed by atoms with Gasteiger partial charge in [0.2, 0.25) is 0 Å². The summed E-state index contributed by atoms with van der Waals surface area (Å²) in [5, 5.41) is 28.5. The fourth-order valence-electron chi connectivity index (χ4n) is 5.93. The second-order valence-corrected chi connectivity index (χ2v) is 10.7. The minimum Gasteiger partial charge on any atom is -0.489 e. The normalized spacial score (nSPS) is 15.0. The minimum absolute atomic E-state index is 0.0890. The van der Waals surface area contributed by atoms with E-state index in [1.165, 1.54) is 0 Å². The first-order valence-electron chi connectivity index (χ1n) is 14.2. The standard InChI is InChI=1S/C34H36N2O6/c1-5-25(33(39)40)32-28-11-7-6-10-27(28)30-15-24(13-14-29(30)32)41-17-22-9-8-12-26(19(22)2)31-20(3)35-34(36-21(31)4)42-18-23(38)16-37/h6-15,23,25,32,37-38H,5,16-18H2,1-4H3,(H,39,40)/t23-,25?,32?/m1/s1. The number of aryl methyl sites for hydroxylation is 2. The number of carboxylic acid groups (broad SMARTS) is 1. The highest BCUT2D eigenvalue weighted by molar-refractivity contribution is 5.83. The Morgan fingerprint density at radius 3 is 2.29 bits per heavy atom. The molecule has 4 aromatic rings. The second-order valence-electron chi connectivity index (χ2n) is 10.7. The molecule has 8 heteroatoms. The summed E-state index contributed by atoms with van der Waals surface area (Å²) in [6.45, 7) is 7.64. The van der Waals surface area contributed by atoms with E-state index < -0.39 is 24.6 Å². The summed E-state index contributed by atoms with van der Waals surface area (Å²) in [5.74, 6) is -0.732. The van der Waals surface area contributed by atoms with E-state index in [0.29, 0.717) is 13.0 Å². The van der Waals surface area contributed by atoms with Gasteiger partial charge < -0.3 is 24.8 Å². The molecule has 218 valence electrons. The lowest BCUT2D eigenvalue weighted by atomic mass is 9.82. The van der Waals surface area contributed by atoms with Crippen LogP contribution in [0.5, 0.6) is 11.8 Å². The van der Waals surface area contributed by atoms with Gasteiger partial charge in [-0.05, 0) is 78.3 Å². The van der Waals surface area contributed by atoms with Crippen molar-refractivity contribution in [1.82, 2.24) is 9.97 Å². The number of aliphatic hydroxyl groups is 2. The molecular formula is C34H36N2O6. The van der Waals surface area contributed by atoms with E-state index in [1.807, 2.05) is 75.4 Å². The van der Waals surface area contributed by atoms with Crippen LogP contribution in [-0.2, 0) is 11.4 Å². The quantitative estimate of drug-likeness (QED) is 0.214. The van der Waals surface area contributed by atoms with Gasteiger partial charge in [-0.3, -0.25) is 4.79 Å². The Morgan fingerprint density at radius 2 is 1.60 bits per heavy atom. The number of aliphatic hydroxyl groups excluding tert-OH is 2. The number of ether oxygens (including phenoxy) is 2. The summed E-state index contributed by atoms with van der Waals surface area (Å²) in [6.07, 6.45) is -0.443. The molecular weight excluding hydrogens is 532 g/mol. The predicted octanol–water partition coefficient (Wildman–Crippen LogP) is 5.60. The Labute approximate surface area is 245 Å². The Hall–Kier alpha value is -4.27. The summed E-state index contributed by atoms with van der Waals surface area (Å²) in [6, 6.07) is 20.2. The van der Waals surface area contributed by atoms with Crippen LogP contribution in [-0.4, -0.2) is 50.6 Å². The smallest absolute Gasteiger partial charge is 0.316 e. The molecule has 1 aliphatic rings. The molecule has 0 amide bonds. The van der Waals surface area contributed by atoms with Gasteiger partial charge in [0.15, 0.2) is 0 Å². The average molecular weight is 569 g/mol. The summed E-state index contributed by atoms with van der Waals surface area (Å²) in [4.78, 5) is 21.0. The molecule has 1 aliphatic carbocycles. The van der Waals surface area contributed by atoms with Gasteiger partial charge in [-0.2, -0.15) is 9.97 Å². The summed E-state index contributed by atoms with van der Waals surface area (Å²) in [5.41, 5.74) is 9.64. The maximum Gasteiger partial charge on any atom is 0.316 e. The van der Waals surface area contributed by atoms with Gasteiger partial charge in [-0.1, -0.05) is 55.5 Å². The highest BCUT2D eigenvalue weighted by Gasteiger charge is 2.37. The van der Waals surface area contributed by atoms with Crippen LogP contribution in [0, 0.1) is 26.7 Å². The first-order valence-corrected chi connectivity index (χ1v) is 14.2. The van der Waals surface area contributed by atoms with Gasteiger partial charge in [-0.15, -0.1) is 0 Å². The van der Waals surface area contributed by atoms with E-state index in [4.69, 9.17) is 14.6 Å². The van der Waals surface area contributed by atoms with Crippen LogP contribution >= 0.6 is 0 Å². The number of aliphatic carboxylic acids is 1. The van der Waals surface area contributed by atoms with E-state index in [9.17, 15) is 15.0 Å². The number of fused-ring (bicyclic) bond motifs is 3. The third-order valence-corrected chi connectivity index (χ3v) is 8.08. The van der Waals surface area contributed by atoms with Crippen molar-refractivity contribution in [2.24, 2.45) is 5.92 Å². The van der Waals surface area contributed by atoms with Gasteiger partial charge in [0, 0.05) is 11.5 Å². The molecule has 0 saturated heterocycles. The number of hydrogen-bond acceptors (Lipinski definition) is 7. The number of rotatable bonds is 11. The molecule has 2 unspecified atom stereocenters. The zero-order valence-electron chi connectivity index (χ0n) is 24.3. The Balaban J connectivity index is 1.39. The van der Waals surface area contributed by atoms with E-state index in [1.54, 1.807) is 0 Å². The molecule has 1 heterocycles. The molecule has 0 aliphatic heterocycles. The van der Waals surface area contributed by atoms with Crippen molar-refractivity contribution in [2.75, 3.05) is 13.2 Å². The Kier molecular flexibility index (Phi) is 8.56. The fourth-order valence-corrected chi connectivity index (χ4v) is 5.93. The molecule has 8 nitrogen and oxygen atoms in total. The van der Waals surface area contributed by atoms with Crippen molar-refractivity contribution in [3.8, 4) is 34.0 Å². The average Bonchev–Trinajstić information content (AvgIpc) is 3.29. The summed E-state index contributed by atoms with van der Waals surface area (Å²) in [7, 11) is 0. The minimum atomic E-state index is -0.993. The lowest BCUT2D eigenvalue weighted by Crippen LogP contribution is -2.22. The van der Waals surface area contributed by atoms with Gasteiger partial charge in [0.25, 0.3) is 0 Å². The van der Waals surface area contributed by atoms with Gasteiger partial charge in [0.05, 0.1) is 23.9 Å². The van der Waals surface area contributed by atoms with E-state index in [2.05, 4.69) is 23.0 Å². The molecule has 3 atom stereocenters. The van der Waals surface area contributed by atoms with Gasteiger partial charge >= 0.3 is 12.0 Å². The van der Waals surface area contributed by atoms with E-state index in [-0.39, 0.29) is 18.5 Å². The van der Waals surface area contributed by atoms with Gasteiger partial charge in [0.1, 0.15) is 25.1 Å². The molecule has 0 fully saturated rings. The monoisotopic (exact) mass is 568 g/mol. The lowest BCUT2D eigenvalue weighted by Gasteiger charge is -2.21. The first kappa shape index (κ1) is 29.2. The largest absolute Gasteiger partial charge is 0.489 e. The number of carboxylic acids is 1. The van der Waals surface area contributed by atoms with Crippen molar-refractivity contribution >= 4 is 5.97 Å². The molecule has 0 saturated carbocycles. The molecule has 0 radical (unpaired) electrons. The first-order chi connectivity index (χ1) is 20.2. The third kappa shape index (κ3) is 5.60. The SMILES string of the molecule is CCC(C(=O)O)C1c2ccccc2-c2cc(OCc3cccc(-c4c(C)nc(OC[C@H](O)CO)nc4C)c3C)ccc21. The van der Waals surface area contributed by atoms with E-state index >= 15 is 0 Å². The highest BCUT2D eigenvalue weighted by atomic mass is 16.5. The van der Waals surface area contributed by atoms with Crippen molar-refractivity contribution < 1.29 is 29.6 Å². The van der Waals surface area contributed by atoms with Crippen LogP contribution in [0.25, 0.3) is 22.3 Å². The summed E-state index contributed by atoms with van der Waals surface area (Å²) < 4.78 is 11.8. The lowest BCUT2D eigenvalue weighted by molar-refractivity contribution is -0.142. The Bertz CT molecular complexity index is 1590. The number of carbonyl (C=O) groups is 1. The van der Waals surface area contributed by atoms with Crippen molar-refractivity contribution in [1.29, 1.82) is 0 Å². The second kappa shape index (κ2) is 12.3. The van der Waals surface area contributed by atoms with Crippen LogP contribution in [0.2, 0.25) is 0 Å². The predicted molar refractivity (Wildman–Crippen MR) is 160 cm³/mol. The maximum absolute atomic E-state index is 12.1. The van der Waals surface area contributed by atoms with Crippen LogP contribution in [0.15, 0.2) is 60.7 Å². The molecule has 42 heavy (non-hydrogen) atoms. The fraction of sp³-hybridized carbons (Fsp3) is 0.324. The summed E-state index contributed by atoms with van der Waals surface area (Å²) >= 11 is 0. The number of hydrogen-bond donors (Lipinski definition) is 3. The van der Waals surface area contributed by atoms with Crippen molar-refractivity contribution in [2.45, 2.75) is 52.7 Å². The van der Waals surface area contributed by atoms with Crippen LogP contribution in [0.4, 0.5) is 0 Å². The molecule has 3 N–H and O–H groups in total. The topological polar surface area (TPSA) is 122 Å². The van der Waals surface area contributed by atoms with Crippen molar-refractivity contribution in [3.63, 3.8) is 0 Å². The van der Waals surface area contributed by atoms with Gasteiger partial charge in [-0.25, -0.2) is 0 Å². The van der Waals surface area contributed by atoms with Crippen molar-refractivity contribution in [3.05, 3.63) is 94.3 Å². The third-order valence-electron chi connectivity index (χ3n) is 8.08. The molecule has 0 bridgehead atoms. The van der Waals surface area contributed by atoms with Crippen LogP contribution < -0.4 is 9.47 Å². The molecule has 1 aromatic heterocycles. The highest BCUT2D eigenvalue weighted by Crippen LogP contribution is 2.50. The molecule has 5 rings (SSSR count). The number of nitrogens with zero attached hydrogens (tertiary/aromatic N) is 2. The number of benzene rings is 3. The Morgan fingerprint density at radius 1 is 0.905 bits per heavy atom. The molecule has 0 spiro atoms. The zero-order chi connectivity index (χ0) is 30.0. The molecule has 3 aromatic carbocycles. The number of aromatic nitrogens is 2. The van der Waals surface area contributed by atoms with Crippen LogP contribution in [0.1, 0.15) is 52.9 Å². The zero-order valence-corrected chi connectivity index (χ0v) is 24.3. The van der Waals surface area contributed by atoms with Crippen LogP contribution in [0.3, 0.4) is 0 Å². The maximum atomic E-state index is 12.1. The van der Waals surface area contributed by atoms with E-state index in [0.717, 1.165) is 61.6 Å².